The highest BCUT2D eigenvalue weighted by atomic mass is 32.2. The first-order chi connectivity index (χ1) is 7.10. The summed E-state index contributed by atoms with van der Waals surface area (Å²) in [6.45, 7) is 5.36. The van der Waals surface area contributed by atoms with Crippen molar-refractivity contribution in [3.05, 3.63) is 12.4 Å². The Kier molecular flexibility index (Phi) is 4.41. The Morgan fingerprint density at radius 3 is 2.60 bits per heavy atom. The Balaban J connectivity index is 2.46. The molecule has 0 unspecified atom stereocenters. The van der Waals surface area contributed by atoms with E-state index in [-0.39, 0.29) is 6.61 Å². The van der Waals surface area contributed by atoms with Gasteiger partial charge in [0.1, 0.15) is 6.67 Å². The van der Waals surface area contributed by atoms with Gasteiger partial charge in [0.15, 0.2) is 0 Å². The van der Waals surface area contributed by atoms with Crippen LogP contribution in [0.4, 0.5) is 0 Å². The van der Waals surface area contributed by atoms with Crippen molar-refractivity contribution in [1.82, 2.24) is 9.21 Å². The summed E-state index contributed by atoms with van der Waals surface area (Å²) in [5, 5.41) is 0. The molecule has 0 amide bonds. The van der Waals surface area contributed by atoms with Crippen molar-refractivity contribution >= 4 is 10.3 Å². The minimum absolute atomic E-state index is 0.259. The lowest BCUT2D eigenvalue weighted by Gasteiger charge is -2.19. The summed E-state index contributed by atoms with van der Waals surface area (Å²) in [4.78, 5) is 1.89. The number of nitrogens with zero attached hydrogens (tertiary/aromatic N) is 2. The zero-order chi connectivity index (χ0) is 11.3. The van der Waals surface area contributed by atoms with Gasteiger partial charge < -0.3 is 4.90 Å². The van der Waals surface area contributed by atoms with Crippen LogP contribution in [0.2, 0.25) is 0 Å². The van der Waals surface area contributed by atoms with Crippen LogP contribution in [0.15, 0.2) is 12.4 Å². The zero-order valence-corrected chi connectivity index (χ0v) is 10.0. The molecule has 0 spiro atoms. The molecule has 0 atom stereocenters. The lowest BCUT2D eigenvalue weighted by Crippen LogP contribution is -2.31. The van der Waals surface area contributed by atoms with Crippen LogP contribution < -0.4 is 0 Å². The quantitative estimate of drug-likeness (QED) is 0.646. The van der Waals surface area contributed by atoms with Crippen LogP contribution in [0.3, 0.4) is 0 Å². The summed E-state index contributed by atoms with van der Waals surface area (Å²) in [6, 6.07) is 0. The van der Waals surface area contributed by atoms with Gasteiger partial charge in [0, 0.05) is 18.9 Å². The Labute approximate surface area is 91.6 Å². The van der Waals surface area contributed by atoms with E-state index in [1.165, 1.54) is 10.5 Å². The molecule has 0 aliphatic carbocycles. The predicted molar refractivity (Wildman–Crippen MR) is 58.0 cm³/mol. The number of hydrogen-bond acceptors (Lipinski definition) is 4. The molecule has 0 N–H and O–H groups in total. The molecule has 15 heavy (non-hydrogen) atoms. The van der Waals surface area contributed by atoms with Crippen LogP contribution in [-0.2, 0) is 14.5 Å². The molecular formula is C9H18N2O3S. The van der Waals surface area contributed by atoms with Crippen LogP contribution >= 0.6 is 0 Å². The lowest BCUT2D eigenvalue weighted by atomic mass is 10.4. The smallest absolute Gasteiger partial charge is 0.358 e. The first-order valence-electron chi connectivity index (χ1n) is 5.18. The predicted octanol–water partition coefficient (Wildman–Crippen LogP) is 1.11. The van der Waals surface area contributed by atoms with Crippen LogP contribution in [0.5, 0.6) is 0 Å². The monoisotopic (exact) mass is 234 g/mol. The van der Waals surface area contributed by atoms with Crippen molar-refractivity contribution in [2.45, 2.75) is 26.7 Å². The maximum atomic E-state index is 11.6. The molecule has 0 saturated heterocycles. The molecule has 1 aliphatic heterocycles. The number of unbranched alkanes of at least 4 members (excludes halogenated alkanes) is 1. The van der Waals surface area contributed by atoms with Crippen LogP contribution in [0.25, 0.3) is 0 Å². The molecule has 0 saturated carbocycles. The first-order valence-corrected chi connectivity index (χ1v) is 6.55. The van der Waals surface area contributed by atoms with Crippen molar-refractivity contribution in [2.75, 3.05) is 19.8 Å². The van der Waals surface area contributed by atoms with Gasteiger partial charge in [-0.25, -0.2) is 4.31 Å². The summed E-state index contributed by atoms with van der Waals surface area (Å²) in [7, 11) is -3.57. The van der Waals surface area contributed by atoms with E-state index in [2.05, 4.69) is 0 Å². The molecule has 0 aromatic carbocycles. The van der Waals surface area contributed by atoms with Gasteiger partial charge in [-0.1, -0.05) is 13.3 Å². The topological polar surface area (TPSA) is 49.9 Å². The molecule has 0 aromatic rings. The molecule has 5 nitrogen and oxygen atoms in total. The van der Waals surface area contributed by atoms with E-state index < -0.39 is 10.3 Å². The van der Waals surface area contributed by atoms with Gasteiger partial charge in [-0.3, -0.25) is 4.18 Å². The normalized spacial score (nSPS) is 16.4. The van der Waals surface area contributed by atoms with E-state index in [4.69, 9.17) is 4.18 Å². The van der Waals surface area contributed by atoms with Crippen LogP contribution in [0, 0.1) is 0 Å². The third-order valence-electron chi connectivity index (χ3n) is 2.19. The van der Waals surface area contributed by atoms with Gasteiger partial charge in [0.05, 0.1) is 6.61 Å². The average molecular weight is 234 g/mol. The molecule has 88 valence electrons. The highest BCUT2D eigenvalue weighted by molar-refractivity contribution is 7.84. The lowest BCUT2D eigenvalue weighted by molar-refractivity contribution is 0.262. The maximum absolute atomic E-state index is 11.6. The third kappa shape index (κ3) is 3.39. The van der Waals surface area contributed by atoms with E-state index in [1.54, 1.807) is 6.20 Å². The highest BCUT2D eigenvalue weighted by Gasteiger charge is 2.24. The summed E-state index contributed by atoms with van der Waals surface area (Å²) in [5.74, 6) is 0. The van der Waals surface area contributed by atoms with Gasteiger partial charge >= 0.3 is 10.3 Å². The molecule has 0 fully saturated rings. The minimum atomic E-state index is -3.57. The fourth-order valence-corrected chi connectivity index (χ4v) is 2.13. The van der Waals surface area contributed by atoms with Crippen molar-refractivity contribution < 1.29 is 12.6 Å². The minimum Gasteiger partial charge on any atom is -0.358 e. The van der Waals surface area contributed by atoms with Gasteiger partial charge in [-0.05, 0) is 13.3 Å². The molecular weight excluding hydrogens is 216 g/mol. The molecule has 1 rings (SSSR count). The van der Waals surface area contributed by atoms with Gasteiger partial charge in [-0.2, -0.15) is 8.42 Å². The van der Waals surface area contributed by atoms with Gasteiger partial charge in [-0.15, -0.1) is 0 Å². The zero-order valence-electron chi connectivity index (χ0n) is 9.22. The van der Waals surface area contributed by atoms with E-state index in [0.717, 1.165) is 19.4 Å². The molecule has 0 radical (unpaired) electrons. The summed E-state index contributed by atoms with van der Waals surface area (Å²) >= 11 is 0. The average Bonchev–Trinajstić information content (AvgIpc) is 2.66. The maximum Gasteiger partial charge on any atom is 0.363 e. The number of rotatable bonds is 6. The first kappa shape index (κ1) is 12.3. The molecule has 1 aliphatic rings. The number of hydrogen-bond donors (Lipinski definition) is 0. The van der Waals surface area contributed by atoms with Crippen molar-refractivity contribution in [1.29, 1.82) is 0 Å². The van der Waals surface area contributed by atoms with Crippen molar-refractivity contribution in [3.63, 3.8) is 0 Å². The van der Waals surface area contributed by atoms with Crippen LogP contribution in [-0.4, -0.2) is 37.4 Å². The molecule has 0 bridgehead atoms. The second-order valence-corrected chi connectivity index (χ2v) is 4.93. The van der Waals surface area contributed by atoms with E-state index in [9.17, 15) is 8.42 Å². The highest BCUT2D eigenvalue weighted by Crippen LogP contribution is 2.12. The molecule has 1 heterocycles. The largest absolute Gasteiger partial charge is 0.363 e. The molecule has 0 aromatic heterocycles. The van der Waals surface area contributed by atoms with E-state index >= 15 is 0 Å². The van der Waals surface area contributed by atoms with Crippen molar-refractivity contribution in [2.24, 2.45) is 0 Å². The van der Waals surface area contributed by atoms with E-state index in [0.29, 0.717) is 6.67 Å². The third-order valence-corrected chi connectivity index (χ3v) is 3.46. The fourth-order valence-electron chi connectivity index (χ4n) is 1.17. The summed E-state index contributed by atoms with van der Waals surface area (Å²) in [5.41, 5.74) is 0. The van der Waals surface area contributed by atoms with Gasteiger partial charge in [0.25, 0.3) is 0 Å². The standard InChI is InChI=1S/C9H18N2O3S/c1-3-5-8-14-15(12,13)11-7-6-10(4-2)9-11/h6-7H,3-5,8-9H2,1-2H3. The second-order valence-electron chi connectivity index (χ2n) is 3.36. The Bertz CT molecular complexity index is 313. The van der Waals surface area contributed by atoms with Crippen molar-refractivity contribution in [3.8, 4) is 0 Å². The fraction of sp³-hybridized carbons (Fsp3) is 0.778. The van der Waals surface area contributed by atoms with E-state index in [1.807, 2.05) is 18.7 Å². The summed E-state index contributed by atoms with van der Waals surface area (Å²) < 4.78 is 29.3. The summed E-state index contributed by atoms with van der Waals surface area (Å²) in [6.07, 6.45) is 4.96. The molecule has 6 heteroatoms. The SMILES string of the molecule is CCCCOS(=O)(=O)N1C=CN(CC)C1. The Morgan fingerprint density at radius 2 is 2.07 bits per heavy atom. The van der Waals surface area contributed by atoms with Crippen LogP contribution in [0.1, 0.15) is 26.7 Å². The Hall–Kier alpha value is -0.750. The van der Waals surface area contributed by atoms with Gasteiger partial charge in [0.2, 0.25) is 0 Å². The Morgan fingerprint density at radius 1 is 1.33 bits per heavy atom. The second kappa shape index (κ2) is 5.37.